The van der Waals surface area contributed by atoms with Gasteiger partial charge in [0.05, 0.1) is 0 Å². The van der Waals surface area contributed by atoms with Gasteiger partial charge in [-0.05, 0) is 59.2 Å². The van der Waals surface area contributed by atoms with Crippen molar-refractivity contribution in [3.8, 4) is 0 Å². The summed E-state index contributed by atoms with van der Waals surface area (Å²) in [5.74, 6) is 0. The molecule has 1 heterocycles. The minimum absolute atomic E-state index is 0.302. The van der Waals surface area contributed by atoms with Gasteiger partial charge in [-0.3, -0.25) is 0 Å². The van der Waals surface area contributed by atoms with Crippen molar-refractivity contribution >= 4 is 27.3 Å². The standard InChI is InChI=1S/C16H17BrS/c17-12-16(10-13-7-9-18-11-13)8-3-5-14-4-1-2-6-15(14)16/h1-2,4,6-7,9,11H,3,5,8,10,12H2. The Morgan fingerprint density at radius 1 is 1.22 bits per heavy atom. The van der Waals surface area contributed by atoms with E-state index in [9.17, 15) is 0 Å². The van der Waals surface area contributed by atoms with E-state index in [1.807, 2.05) is 0 Å². The number of halogens is 1. The Bertz CT molecular complexity index is 518. The van der Waals surface area contributed by atoms with Gasteiger partial charge in [0.25, 0.3) is 0 Å². The molecule has 0 nitrogen and oxygen atoms in total. The van der Waals surface area contributed by atoms with E-state index in [0.717, 1.165) is 5.33 Å². The number of hydrogen-bond acceptors (Lipinski definition) is 1. The zero-order valence-corrected chi connectivity index (χ0v) is 12.8. The Kier molecular flexibility index (Phi) is 3.58. The van der Waals surface area contributed by atoms with Gasteiger partial charge in [-0.1, -0.05) is 40.2 Å². The summed E-state index contributed by atoms with van der Waals surface area (Å²) in [6.45, 7) is 0. The minimum atomic E-state index is 0.302. The Morgan fingerprint density at radius 3 is 2.89 bits per heavy atom. The molecule has 0 spiro atoms. The van der Waals surface area contributed by atoms with Gasteiger partial charge >= 0.3 is 0 Å². The highest BCUT2D eigenvalue weighted by molar-refractivity contribution is 9.09. The van der Waals surface area contributed by atoms with Gasteiger partial charge in [0.1, 0.15) is 0 Å². The van der Waals surface area contributed by atoms with Crippen molar-refractivity contribution in [2.75, 3.05) is 5.33 Å². The van der Waals surface area contributed by atoms with Crippen LogP contribution >= 0.6 is 27.3 Å². The number of rotatable bonds is 3. The van der Waals surface area contributed by atoms with Crippen LogP contribution in [0.1, 0.15) is 29.5 Å². The van der Waals surface area contributed by atoms with Crippen LogP contribution in [0.4, 0.5) is 0 Å². The molecular formula is C16H17BrS. The maximum Gasteiger partial charge on any atom is 0.0132 e. The molecule has 1 unspecified atom stereocenters. The van der Waals surface area contributed by atoms with E-state index in [-0.39, 0.29) is 0 Å². The Hall–Kier alpha value is -0.600. The lowest BCUT2D eigenvalue weighted by Gasteiger charge is -2.38. The van der Waals surface area contributed by atoms with Crippen molar-refractivity contribution in [1.82, 2.24) is 0 Å². The molecule has 3 rings (SSSR count). The second-order valence-electron chi connectivity index (χ2n) is 5.23. The van der Waals surface area contributed by atoms with Crippen LogP contribution in [0, 0.1) is 0 Å². The van der Waals surface area contributed by atoms with Crippen molar-refractivity contribution in [2.45, 2.75) is 31.1 Å². The second-order valence-corrected chi connectivity index (χ2v) is 6.57. The highest BCUT2D eigenvalue weighted by atomic mass is 79.9. The zero-order chi connectivity index (χ0) is 12.4. The number of alkyl halides is 1. The molecule has 1 aromatic heterocycles. The third-order valence-electron chi connectivity index (χ3n) is 4.07. The van der Waals surface area contributed by atoms with Crippen molar-refractivity contribution in [2.24, 2.45) is 0 Å². The van der Waals surface area contributed by atoms with Crippen molar-refractivity contribution in [3.63, 3.8) is 0 Å². The average molecular weight is 321 g/mol. The molecule has 0 saturated carbocycles. The number of benzene rings is 1. The fourth-order valence-corrected chi connectivity index (χ4v) is 4.61. The van der Waals surface area contributed by atoms with Crippen LogP contribution in [-0.4, -0.2) is 5.33 Å². The van der Waals surface area contributed by atoms with Crippen LogP contribution < -0.4 is 0 Å². The number of thiophene rings is 1. The summed E-state index contributed by atoms with van der Waals surface area (Å²) in [5.41, 5.74) is 4.91. The molecule has 0 N–H and O–H groups in total. The molecule has 2 heteroatoms. The van der Waals surface area contributed by atoms with Gasteiger partial charge in [0.2, 0.25) is 0 Å². The third kappa shape index (κ3) is 2.17. The van der Waals surface area contributed by atoms with Gasteiger partial charge in [0, 0.05) is 10.7 Å². The van der Waals surface area contributed by atoms with E-state index in [4.69, 9.17) is 0 Å². The normalized spacial score (nSPS) is 22.7. The highest BCUT2D eigenvalue weighted by Gasteiger charge is 2.35. The largest absolute Gasteiger partial charge is 0.152 e. The first-order valence-electron chi connectivity index (χ1n) is 6.49. The summed E-state index contributed by atoms with van der Waals surface area (Å²) in [4.78, 5) is 0. The summed E-state index contributed by atoms with van der Waals surface area (Å²) in [6.07, 6.45) is 5.02. The lowest BCUT2D eigenvalue weighted by molar-refractivity contribution is 0.402. The van der Waals surface area contributed by atoms with E-state index in [1.165, 1.54) is 31.2 Å². The molecule has 0 saturated heterocycles. The third-order valence-corrected chi connectivity index (χ3v) is 5.87. The van der Waals surface area contributed by atoms with Crippen LogP contribution in [0.15, 0.2) is 41.1 Å². The van der Waals surface area contributed by atoms with Gasteiger partial charge in [-0.2, -0.15) is 11.3 Å². The maximum absolute atomic E-state index is 3.79. The summed E-state index contributed by atoms with van der Waals surface area (Å²) in [6, 6.07) is 11.3. The molecule has 18 heavy (non-hydrogen) atoms. The number of hydrogen-bond donors (Lipinski definition) is 0. The van der Waals surface area contributed by atoms with Gasteiger partial charge in [0.15, 0.2) is 0 Å². The summed E-state index contributed by atoms with van der Waals surface area (Å²) in [5, 5.41) is 5.54. The van der Waals surface area contributed by atoms with E-state index in [0.29, 0.717) is 5.41 Å². The zero-order valence-electron chi connectivity index (χ0n) is 10.4. The Balaban J connectivity index is 2.02. The predicted octanol–water partition coefficient (Wildman–Crippen LogP) is 4.96. The molecule has 0 radical (unpaired) electrons. The molecule has 1 aliphatic carbocycles. The van der Waals surface area contributed by atoms with E-state index >= 15 is 0 Å². The van der Waals surface area contributed by atoms with Crippen molar-refractivity contribution in [1.29, 1.82) is 0 Å². The van der Waals surface area contributed by atoms with Crippen LogP contribution in [0.3, 0.4) is 0 Å². The fraction of sp³-hybridized carbons (Fsp3) is 0.375. The summed E-state index contributed by atoms with van der Waals surface area (Å²) in [7, 11) is 0. The fourth-order valence-electron chi connectivity index (χ4n) is 3.16. The Morgan fingerprint density at radius 2 is 2.11 bits per heavy atom. The first-order valence-corrected chi connectivity index (χ1v) is 8.56. The summed E-state index contributed by atoms with van der Waals surface area (Å²) >= 11 is 5.59. The molecule has 0 aliphatic heterocycles. The number of fused-ring (bicyclic) bond motifs is 1. The first-order chi connectivity index (χ1) is 8.84. The predicted molar refractivity (Wildman–Crippen MR) is 82.9 cm³/mol. The summed E-state index contributed by atoms with van der Waals surface area (Å²) < 4.78 is 0. The maximum atomic E-state index is 3.79. The topological polar surface area (TPSA) is 0 Å². The Labute approximate surface area is 121 Å². The van der Waals surface area contributed by atoms with Crippen LogP contribution in [0.2, 0.25) is 0 Å². The lowest BCUT2D eigenvalue weighted by Crippen LogP contribution is -2.34. The molecule has 1 aromatic carbocycles. The van der Waals surface area contributed by atoms with Crippen molar-refractivity contribution < 1.29 is 0 Å². The molecule has 0 bridgehead atoms. The van der Waals surface area contributed by atoms with Crippen LogP contribution in [0.5, 0.6) is 0 Å². The van der Waals surface area contributed by atoms with Crippen molar-refractivity contribution in [3.05, 3.63) is 57.8 Å². The molecule has 0 amide bonds. The van der Waals surface area contributed by atoms with E-state index in [2.05, 4.69) is 57.0 Å². The molecule has 0 fully saturated rings. The molecule has 1 atom stereocenters. The SMILES string of the molecule is BrCC1(Cc2ccsc2)CCCc2ccccc21. The van der Waals surface area contributed by atoms with E-state index in [1.54, 1.807) is 22.5 Å². The average Bonchev–Trinajstić information content (AvgIpc) is 2.92. The second kappa shape index (κ2) is 5.18. The van der Waals surface area contributed by atoms with E-state index < -0.39 is 0 Å². The number of aryl methyl sites for hydroxylation is 1. The van der Waals surface area contributed by atoms with Crippen LogP contribution in [0.25, 0.3) is 0 Å². The highest BCUT2D eigenvalue weighted by Crippen LogP contribution is 2.41. The lowest BCUT2D eigenvalue weighted by atomic mass is 9.68. The molecule has 2 aromatic rings. The molecular weight excluding hydrogens is 304 g/mol. The van der Waals surface area contributed by atoms with Gasteiger partial charge in [-0.25, -0.2) is 0 Å². The quantitative estimate of drug-likeness (QED) is 0.701. The van der Waals surface area contributed by atoms with Gasteiger partial charge in [-0.15, -0.1) is 0 Å². The molecule has 1 aliphatic rings. The van der Waals surface area contributed by atoms with Crippen LogP contribution in [-0.2, 0) is 18.3 Å². The molecule has 94 valence electrons. The smallest absolute Gasteiger partial charge is 0.0132 e. The van der Waals surface area contributed by atoms with Gasteiger partial charge < -0.3 is 0 Å². The minimum Gasteiger partial charge on any atom is -0.152 e. The first kappa shape index (κ1) is 12.4. The monoisotopic (exact) mass is 320 g/mol.